The molecule has 0 fully saturated rings. The predicted octanol–water partition coefficient (Wildman–Crippen LogP) is 3.13. The molecule has 25 heavy (non-hydrogen) atoms. The Morgan fingerprint density at radius 1 is 1.12 bits per heavy atom. The third kappa shape index (κ3) is 5.81. The zero-order valence-corrected chi connectivity index (χ0v) is 15.5. The van der Waals surface area contributed by atoms with Crippen LogP contribution in [-0.2, 0) is 16.0 Å². The fourth-order valence-corrected chi connectivity index (χ4v) is 2.46. The molecule has 1 aromatic heterocycles. The SMILES string of the molecule is CC(C)(CNC(=O)Cc1c[nH]c2ccccc12)NC(=O)OC(C)(C)C. The number of nitrogens with one attached hydrogen (secondary N) is 3. The maximum Gasteiger partial charge on any atom is 0.408 e. The molecule has 3 N–H and O–H groups in total. The van der Waals surface area contributed by atoms with Crippen molar-refractivity contribution in [2.75, 3.05) is 6.54 Å². The van der Waals surface area contributed by atoms with Crippen LogP contribution in [0, 0.1) is 0 Å². The van der Waals surface area contributed by atoms with E-state index in [0.717, 1.165) is 16.5 Å². The number of aromatic nitrogens is 1. The molecule has 6 nitrogen and oxygen atoms in total. The number of benzene rings is 1. The van der Waals surface area contributed by atoms with Gasteiger partial charge in [-0.05, 0) is 46.2 Å². The van der Waals surface area contributed by atoms with E-state index in [1.165, 1.54) is 0 Å². The van der Waals surface area contributed by atoms with Crippen molar-refractivity contribution in [2.45, 2.75) is 52.2 Å². The fourth-order valence-electron chi connectivity index (χ4n) is 2.46. The van der Waals surface area contributed by atoms with E-state index in [1.807, 2.05) is 65.1 Å². The largest absolute Gasteiger partial charge is 0.444 e. The van der Waals surface area contributed by atoms with Gasteiger partial charge in [0.25, 0.3) is 0 Å². The minimum Gasteiger partial charge on any atom is -0.444 e. The fraction of sp³-hybridized carbons (Fsp3) is 0.474. The molecule has 0 saturated carbocycles. The molecule has 2 amide bonds. The molecule has 0 aliphatic heterocycles. The lowest BCUT2D eigenvalue weighted by atomic mass is 10.1. The number of hydrogen-bond acceptors (Lipinski definition) is 3. The molecule has 0 aliphatic carbocycles. The summed E-state index contributed by atoms with van der Waals surface area (Å²) in [5, 5.41) is 6.69. The van der Waals surface area contributed by atoms with Crippen molar-refractivity contribution in [1.82, 2.24) is 15.6 Å². The van der Waals surface area contributed by atoms with Crippen LogP contribution in [0.2, 0.25) is 0 Å². The number of para-hydroxylation sites is 1. The normalized spacial score (nSPS) is 12.0. The van der Waals surface area contributed by atoms with Crippen molar-refractivity contribution in [3.8, 4) is 0 Å². The molecule has 2 rings (SSSR count). The number of carbonyl (C=O) groups excluding carboxylic acids is 2. The maximum absolute atomic E-state index is 12.2. The molecule has 6 heteroatoms. The Kier molecular flexibility index (Phi) is 5.40. The standard InChI is InChI=1S/C19H27N3O3/c1-18(2,3)25-17(24)22-19(4,5)12-21-16(23)10-13-11-20-15-9-7-6-8-14(13)15/h6-9,11,20H,10,12H2,1-5H3,(H,21,23)(H,22,24). The van der Waals surface area contributed by atoms with Gasteiger partial charge in [0.1, 0.15) is 5.60 Å². The molecule has 0 saturated heterocycles. The second-order valence-electron chi connectivity index (χ2n) is 7.82. The van der Waals surface area contributed by atoms with Gasteiger partial charge in [0.15, 0.2) is 0 Å². The van der Waals surface area contributed by atoms with Gasteiger partial charge < -0.3 is 20.4 Å². The van der Waals surface area contributed by atoms with Gasteiger partial charge in [-0.15, -0.1) is 0 Å². The molecule has 0 unspecified atom stereocenters. The molecule has 0 radical (unpaired) electrons. The van der Waals surface area contributed by atoms with Crippen LogP contribution in [0.25, 0.3) is 10.9 Å². The number of H-pyrrole nitrogens is 1. The van der Waals surface area contributed by atoms with Crippen LogP contribution >= 0.6 is 0 Å². The summed E-state index contributed by atoms with van der Waals surface area (Å²) in [7, 11) is 0. The number of rotatable bonds is 5. The second-order valence-corrected chi connectivity index (χ2v) is 7.82. The average Bonchev–Trinajstić information content (AvgIpc) is 2.86. The highest BCUT2D eigenvalue weighted by molar-refractivity contribution is 5.88. The van der Waals surface area contributed by atoms with Crippen LogP contribution in [0.3, 0.4) is 0 Å². The highest BCUT2D eigenvalue weighted by atomic mass is 16.6. The van der Waals surface area contributed by atoms with Gasteiger partial charge in [-0.2, -0.15) is 0 Å². The zero-order chi connectivity index (χ0) is 18.7. The summed E-state index contributed by atoms with van der Waals surface area (Å²) in [5.74, 6) is -0.0937. The van der Waals surface area contributed by atoms with E-state index < -0.39 is 17.2 Å². The van der Waals surface area contributed by atoms with Crippen molar-refractivity contribution >= 4 is 22.9 Å². The van der Waals surface area contributed by atoms with E-state index in [2.05, 4.69) is 15.6 Å². The molecule has 0 aliphatic rings. The smallest absolute Gasteiger partial charge is 0.408 e. The van der Waals surface area contributed by atoms with E-state index in [9.17, 15) is 9.59 Å². The van der Waals surface area contributed by atoms with Gasteiger partial charge in [-0.25, -0.2) is 4.79 Å². The molecule has 2 aromatic rings. The Morgan fingerprint density at radius 3 is 2.48 bits per heavy atom. The van der Waals surface area contributed by atoms with Gasteiger partial charge >= 0.3 is 6.09 Å². The number of hydrogen-bond donors (Lipinski definition) is 3. The molecule has 1 heterocycles. The quantitative estimate of drug-likeness (QED) is 0.778. The average molecular weight is 345 g/mol. The Bertz CT molecular complexity index is 757. The van der Waals surface area contributed by atoms with Gasteiger partial charge in [0.2, 0.25) is 5.91 Å². The first kappa shape index (κ1) is 18.8. The Hall–Kier alpha value is -2.50. The van der Waals surface area contributed by atoms with Crippen LogP contribution < -0.4 is 10.6 Å². The van der Waals surface area contributed by atoms with E-state index in [-0.39, 0.29) is 12.3 Å². The minimum absolute atomic E-state index is 0.0937. The summed E-state index contributed by atoms with van der Waals surface area (Å²) in [4.78, 5) is 27.3. The number of fused-ring (bicyclic) bond motifs is 1. The molecule has 0 bridgehead atoms. The second kappa shape index (κ2) is 7.17. The number of alkyl carbamates (subject to hydrolysis) is 1. The molecular weight excluding hydrogens is 318 g/mol. The molecule has 136 valence electrons. The summed E-state index contributed by atoms with van der Waals surface area (Å²) in [6.45, 7) is 9.41. The third-order valence-electron chi connectivity index (χ3n) is 3.59. The van der Waals surface area contributed by atoms with Gasteiger partial charge in [-0.1, -0.05) is 18.2 Å². The minimum atomic E-state index is -0.613. The van der Waals surface area contributed by atoms with Crippen molar-refractivity contribution in [3.63, 3.8) is 0 Å². The maximum atomic E-state index is 12.2. The van der Waals surface area contributed by atoms with E-state index in [1.54, 1.807) is 0 Å². The summed E-state index contributed by atoms with van der Waals surface area (Å²) < 4.78 is 5.25. The highest BCUT2D eigenvalue weighted by Gasteiger charge is 2.25. The number of ether oxygens (including phenoxy) is 1. The number of amides is 2. The van der Waals surface area contributed by atoms with Crippen LogP contribution in [0.4, 0.5) is 4.79 Å². The van der Waals surface area contributed by atoms with Crippen LogP contribution in [0.5, 0.6) is 0 Å². The Labute approximate surface area is 148 Å². The summed E-state index contributed by atoms with van der Waals surface area (Å²) in [6.07, 6.45) is 1.64. The topological polar surface area (TPSA) is 83.2 Å². The third-order valence-corrected chi connectivity index (χ3v) is 3.59. The lowest BCUT2D eigenvalue weighted by molar-refractivity contribution is -0.120. The van der Waals surface area contributed by atoms with Gasteiger partial charge in [-0.3, -0.25) is 4.79 Å². The first-order chi connectivity index (χ1) is 11.6. The van der Waals surface area contributed by atoms with Gasteiger partial charge in [0.05, 0.1) is 12.0 Å². The Balaban J connectivity index is 1.87. The monoisotopic (exact) mass is 345 g/mol. The molecule has 0 atom stereocenters. The summed E-state index contributed by atoms with van der Waals surface area (Å²) in [5.41, 5.74) is 0.792. The van der Waals surface area contributed by atoms with Crippen LogP contribution in [0.15, 0.2) is 30.5 Å². The van der Waals surface area contributed by atoms with Crippen molar-refractivity contribution in [2.24, 2.45) is 0 Å². The lowest BCUT2D eigenvalue weighted by Crippen LogP contribution is -2.52. The lowest BCUT2D eigenvalue weighted by Gasteiger charge is -2.28. The van der Waals surface area contributed by atoms with Crippen molar-refractivity contribution in [3.05, 3.63) is 36.0 Å². The van der Waals surface area contributed by atoms with Crippen molar-refractivity contribution < 1.29 is 14.3 Å². The zero-order valence-electron chi connectivity index (χ0n) is 15.5. The highest BCUT2D eigenvalue weighted by Crippen LogP contribution is 2.18. The Morgan fingerprint density at radius 2 is 1.80 bits per heavy atom. The van der Waals surface area contributed by atoms with Crippen LogP contribution in [-0.4, -0.2) is 34.7 Å². The van der Waals surface area contributed by atoms with E-state index in [0.29, 0.717) is 6.54 Å². The first-order valence-corrected chi connectivity index (χ1v) is 8.39. The predicted molar refractivity (Wildman–Crippen MR) is 98.5 cm³/mol. The molecule has 0 spiro atoms. The molecular formula is C19H27N3O3. The molecule has 1 aromatic carbocycles. The van der Waals surface area contributed by atoms with E-state index >= 15 is 0 Å². The van der Waals surface area contributed by atoms with E-state index in [4.69, 9.17) is 4.74 Å². The number of carbonyl (C=O) groups is 2. The number of aromatic amines is 1. The summed E-state index contributed by atoms with van der Waals surface area (Å²) in [6, 6.07) is 7.87. The van der Waals surface area contributed by atoms with Crippen LogP contribution in [0.1, 0.15) is 40.2 Å². The van der Waals surface area contributed by atoms with Crippen molar-refractivity contribution in [1.29, 1.82) is 0 Å². The summed E-state index contributed by atoms with van der Waals surface area (Å²) >= 11 is 0. The first-order valence-electron chi connectivity index (χ1n) is 8.39. The van der Waals surface area contributed by atoms with Gasteiger partial charge in [0, 0.05) is 23.6 Å².